The normalized spacial score (nSPS) is 18.6. The fourth-order valence-corrected chi connectivity index (χ4v) is 5.80. The molecule has 174 valence electrons. The van der Waals surface area contributed by atoms with Crippen molar-refractivity contribution in [1.82, 2.24) is 9.21 Å². The maximum absolute atomic E-state index is 14.3. The highest BCUT2D eigenvalue weighted by Gasteiger charge is 2.42. The Balaban J connectivity index is 1.46. The van der Waals surface area contributed by atoms with Gasteiger partial charge in [0.2, 0.25) is 15.9 Å². The molecule has 5 rings (SSSR count). The highest BCUT2D eigenvalue weighted by atomic mass is 32.2. The lowest BCUT2D eigenvalue weighted by atomic mass is 10.0. The van der Waals surface area contributed by atoms with Gasteiger partial charge in [0.1, 0.15) is 11.9 Å². The number of aryl methyl sites for hydroxylation is 1. The van der Waals surface area contributed by atoms with E-state index in [-0.39, 0.29) is 30.1 Å². The summed E-state index contributed by atoms with van der Waals surface area (Å²) in [7, 11) is -3.82. The molecule has 2 aliphatic heterocycles. The third kappa shape index (κ3) is 3.76. The lowest BCUT2D eigenvalue weighted by Crippen LogP contribution is -2.59. The van der Waals surface area contributed by atoms with Crippen molar-refractivity contribution >= 4 is 27.5 Å². The van der Waals surface area contributed by atoms with Crippen LogP contribution in [0, 0.1) is 12.7 Å². The van der Waals surface area contributed by atoms with Gasteiger partial charge in [0, 0.05) is 25.2 Å². The second-order valence-electron chi connectivity index (χ2n) is 8.42. The number of hydrogen-bond donors (Lipinski definition) is 1. The lowest BCUT2D eigenvalue weighted by Gasteiger charge is -2.38. The molecule has 0 bridgehead atoms. The average molecular weight is 480 g/mol. The van der Waals surface area contributed by atoms with Gasteiger partial charge in [0.15, 0.2) is 0 Å². The van der Waals surface area contributed by atoms with E-state index in [4.69, 9.17) is 0 Å². The minimum absolute atomic E-state index is 0.0609. The number of rotatable bonds is 3. The molecule has 3 aromatic carbocycles. The van der Waals surface area contributed by atoms with Crippen molar-refractivity contribution in [2.45, 2.75) is 17.9 Å². The van der Waals surface area contributed by atoms with Crippen LogP contribution in [0.3, 0.4) is 0 Å². The largest absolute Gasteiger partial charge is 0.324 e. The first-order valence-electron chi connectivity index (χ1n) is 10.8. The Kier molecular flexibility index (Phi) is 5.45. The number of nitrogens with zero attached hydrogens (tertiary/aromatic N) is 2. The maximum atomic E-state index is 14.3. The van der Waals surface area contributed by atoms with Gasteiger partial charge in [0.05, 0.1) is 16.1 Å². The van der Waals surface area contributed by atoms with E-state index in [1.54, 1.807) is 48.5 Å². The van der Waals surface area contributed by atoms with Crippen molar-refractivity contribution in [2.24, 2.45) is 0 Å². The summed E-state index contributed by atoms with van der Waals surface area (Å²) < 4.78 is 41.9. The molecule has 2 amide bonds. The van der Waals surface area contributed by atoms with Gasteiger partial charge < -0.3 is 10.2 Å². The molecule has 0 saturated carbocycles. The summed E-state index contributed by atoms with van der Waals surface area (Å²) in [6.45, 7) is 1.84. The first kappa shape index (κ1) is 22.2. The van der Waals surface area contributed by atoms with Crippen molar-refractivity contribution in [2.75, 3.05) is 25.0 Å². The van der Waals surface area contributed by atoms with E-state index in [1.165, 1.54) is 27.4 Å². The molecule has 0 aromatic heterocycles. The highest BCUT2D eigenvalue weighted by Crippen LogP contribution is 2.32. The molecule has 9 heteroatoms. The molecule has 34 heavy (non-hydrogen) atoms. The van der Waals surface area contributed by atoms with Crippen LogP contribution in [0.1, 0.15) is 15.9 Å². The number of sulfonamides is 1. The Morgan fingerprint density at radius 1 is 0.941 bits per heavy atom. The standard InChI is InChI=1S/C25H22FN3O4S/c1-16-6-9-18(10-7-16)34(32,33)28-12-13-29-23(15-28)24(30)27-22-11-8-17(14-20(22)25(29)31)19-4-2-3-5-21(19)26/h2-11,14,23H,12-13,15H2,1H3,(H,27,30). The number of nitrogens with one attached hydrogen (secondary N) is 1. The number of anilines is 1. The molecule has 1 N–H and O–H groups in total. The number of fused-ring (bicyclic) bond motifs is 2. The molecule has 1 atom stereocenters. The molecule has 1 fully saturated rings. The molecule has 7 nitrogen and oxygen atoms in total. The second kappa shape index (κ2) is 8.34. The van der Waals surface area contributed by atoms with Crippen molar-refractivity contribution in [3.63, 3.8) is 0 Å². The molecule has 2 heterocycles. The summed E-state index contributed by atoms with van der Waals surface area (Å²) in [6, 6.07) is 16.6. The Morgan fingerprint density at radius 2 is 1.68 bits per heavy atom. The fourth-order valence-electron chi connectivity index (χ4n) is 4.37. The Morgan fingerprint density at radius 3 is 2.41 bits per heavy atom. The van der Waals surface area contributed by atoms with Gasteiger partial charge in [-0.2, -0.15) is 4.31 Å². The first-order chi connectivity index (χ1) is 16.3. The number of hydrogen-bond acceptors (Lipinski definition) is 4. The number of piperazine rings is 1. The predicted octanol–water partition coefficient (Wildman–Crippen LogP) is 3.27. The van der Waals surface area contributed by atoms with Gasteiger partial charge in [0.25, 0.3) is 5.91 Å². The zero-order valence-corrected chi connectivity index (χ0v) is 19.2. The van der Waals surface area contributed by atoms with Crippen LogP contribution in [0.15, 0.2) is 71.6 Å². The van der Waals surface area contributed by atoms with E-state index in [0.717, 1.165) is 5.56 Å². The van der Waals surface area contributed by atoms with Crippen LogP contribution in [0.4, 0.5) is 10.1 Å². The van der Waals surface area contributed by atoms with Crippen molar-refractivity contribution < 1.29 is 22.4 Å². The van der Waals surface area contributed by atoms with Gasteiger partial charge >= 0.3 is 0 Å². The summed E-state index contributed by atoms with van der Waals surface area (Å²) in [5, 5.41) is 2.75. The molecule has 0 aliphatic carbocycles. The Hall–Kier alpha value is -3.56. The smallest absolute Gasteiger partial charge is 0.256 e. The molecular weight excluding hydrogens is 457 g/mol. The number of carbonyl (C=O) groups excluding carboxylic acids is 2. The Labute approximate surface area is 196 Å². The molecule has 1 unspecified atom stereocenters. The van der Waals surface area contributed by atoms with Crippen LogP contribution in [-0.2, 0) is 14.8 Å². The van der Waals surface area contributed by atoms with Crippen LogP contribution in [0.5, 0.6) is 0 Å². The quantitative estimate of drug-likeness (QED) is 0.625. The highest BCUT2D eigenvalue weighted by molar-refractivity contribution is 7.89. The number of carbonyl (C=O) groups is 2. The number of benzene rings is 3. The lowest BCUT2D eigenvalue weighted by molar-refractivity contribution is -0.121. The minimum atomic E-state index is -3.82. The van der Waals surface area contributed by atoms with Crippen LogP contribution in [0.2, 0.25) is 0 Å². The fraction of sp³-hybridized carbons (Fsp3) is 0.200. The van der Waals surface area contributed by atoms with Gasteiger partial charge in [-0.05, 0) is 42.8 Å². The monoisotopic (exact) mass is 479 g/mol. The van der Waals surface area contributed by atoms with E-state index in [2.05, 4.69) is 5.32 Å². The minimum Gasteiger partial charge on any atom is -0.324 e. The van der Waals surface area contributed by atoms with E-state index in [1.807, 2.05) is 6.92 Å². The first-order valence-corrected chi connectivity index (χ1v) is 12.3. The molecule has 1 saturated heterocycles. The van der Waals surface area contributed by atoms with Gasteiger partial charge in [-0.15, -0.1) is 0 Å². The van der Waals surface area contributed by atoms with E-state index in [9.17, 15) is 22.4 Å². The van der Waals surface area contributed by atoms with Crippen LogP contribution >= 0.6 is 0 Å². The van der Waals surface area contributed by atoms with Crippen molar-refractivity contribution in [1.29, 1.82) is 0 Å². The van der Waals surface area contributed by atoms with Crippen molar-refractivity contribution in [3.05, 3.63) is 83.7 Å². The maximum Gasteiger partial charge on any atom is 0.256 e. The summed E-state index contributed by atoms with van der Waals surface area (Å²) >= 11 is 0. The van der Waals surface area contributed by atoms with Crippen LogP contribution in [-0.4, -0.2) is 55.1 Å². The predicted molar refractivity (Wildman–Crippen MR) is 125 cm³/mol. The summed E-state index contributed by atoms with van der Waals surface area (Å²) in [4.78, 5) is 28.0. The van der Waals surface area contributed by atoms with E-state index < -0.39 is 33.7 Å². The third-order valence-electron chi connectivity index (χ3n) is 6.26. The summed E-state index contributed by atoms with van der Waals surface area (Å²) in [6.07, 6.45) is 0. The average Bonchev–Trinajstić information content (AvgIpc) is 2.93. The van der Waals surface area contributed by atoms with Gasteiger partial charge in [-0.3, -0.25) is 9.59 Å². The summed E-state index contributed by atoms with van der Waals surface area (Å²) in [5.74, 6) is -1.28. The second-order valence-corrected chi connectivity index (χ2v) is 10.4. The van der Waals surface area contributed by atoms with Crippen LogP contribution in [0.25, 0.3) is 11.1 Å². The van der Waals surface area contributed by atoms with Gasteiger partial charge in [-0.25, -0.2) is 12.8 Å². The zero-order valence-electron chi connectivity index (χ0n) is 18.4. The number of amides is 2. The summed E-state index contributed by atoms with van der Waals surface area (Å²) in [5.41, 5.74) is 2.35. The number of halogens is 1. The van der Waals surface area contributed by atoms with E-state index in [0.29, 0.717) is 16.8 Å². The van der Waals surface area contributed by atoms with E-state index >= 15 is 0 Å². The SMILES string of the molecule is Cc1ccc(S(=O)(=O)N2CCN3C(=O)c4cc(-c5ccccc5F)ccc4NC(=O)C3C2)cc1. The topological polar surface area (TPSA) is 86.8 Å². The third-order valence-corrected chi connectivity index (χ3v) is 8.14. The van der Waals surface area contributed by atoms with Gasteiger partial charge in [-0.1, -0.05) is 42.0 Å². The van der Waals surface area contributed by atoms with Crippen molar-refractivity contribution in [3.8, 4) is 11.1 Å². The molecule has 0 radical (unpaired) electrons. The molecule has 0 spiro atoms. The molecular formula is C25H22FN3O4S. The Bertz CT molecular complexity index is 1410. The zero-order chi connectivity index (χ0) is 24.0. The molecule has 2 aliphatic rings. The molecule has 3 aromatic rings. The van der Waals surface area contributed by atoms with Crippen LogP contribution < -0.4 is 5.32 Å².